The summed E-state index contributed by atoms with van der Waals surface area (Å²) < 4.78 is 19.2. The number of halogens is 2. The highest BCUT2D eigenvalue weighted by molar-refractivity contribution is 9.10. The summed E-state index contributed by atoms with van der Waals surface area (Å²) in [4.78, 5) is 0. The summed E-state index contributed by atoms with van der Waals surface area (Å²) in [5, 5.41) is 3.23. The van der Waals surface area contributed by atoms with Gasteiger partial charge in [-0.3, -0.25) is 0 Å². The predicted octanol–water partition coefficient (Wildman–Crippen LogP) is 2.76. The van der Waals surface area contributed by atoms with E-state index in [-0.39, 0.29) is 11.2 Å². The molecule has 1 fully saturated rings. The summed E-state index contributed by atoms with van der Waals surface area (Å²) in [5.41, 5.74) is 1.31. The number of benzene rings is 1. The van der Waals surface area contributed by atoms with Crippen LogP contribution in [-0.4, -0.2) is 26.8 Å². The molecule has 0 amide bonds. The summed E-state index contributed by atoms with van der Waals surface area (Å²) >= 11 is 3.23. The Balaban J connectivity index is 2.14. The van der Waals surface area contributed by atoms with E-state index in [0.29, 0.717) is 4.47 Å². The van der Waals surface area contributed by atoms with Crippen molar-refractivity contribution in [3.05, 3.63) is 34.1 Å². The van der Waals surface area contributed by atoms with Crippen LogP contribution in [0.25, 0.3) is 0 Å². The maximum Gasteiger partial charge on any atom is 0.137 e. The Bertz CT molecular complexity index is 391. The van der Waals surface area contributed by atoms with E-state index in [4.69, 9.17) is 4.74 Å². The van der Waals surface area contributed by atoms with Crippen molar-refractivity contribution in [1.82, 2.24) is 5.32 Å². The lowest BCUT2D eigenvalue weighted by Crippen LogP contribution is -2.35. The van der Waals surface area contributed by atoms with E-state index in [1.807, 2.05) is 19.2 Å². The quantitative estimate of drug-likeness (QED) is 0.923. The average molecular weight is 302 g/mol. The van der Waals surface area contributed by atoms with Crippen molar-refractivity contribution in [2.24, 2.45) is 5.41 Å². The van der Waals surface area contributed by atoms with Crippen LogP contribution in [0.4, 0.5) is 4.39 Å². The SMILES string of the molecule is CNCC1(Cc2ccc(F)c(Br)c2)CCOC1. The van der Waals surface area contributed by atoms with E-state index < -0.39 is 0 Å². The zero-order valence-electron chi connectivity index (χ0n) is 9.93. The molecule has 4 heteroatoms. The Morgan fingerprint density at radius 2 is 2.35 bits per heavy atom. The molecule has 1 heterocycles. The van der Waals surface area contributed by atoms with Crippen molar-refractivity contribution in [1.29, 1.82) is 0 Å². The van der Waals surface area contributed by atoms with Crippen LogP contribution in [-0.2, 0) is 11.2 Å². The third-order valence-corrected chi connectivity index (χ3v) is 3.91. The van der Waals surface area contributed by atoms with Crippen LogP contribution in [0.15, 0.2) is 22.7 Å². The highest BCUT2D eigenvalue weighted by Gasteiger charge is 2.34. The highest BCUT2D eigenvalue weighted by Crippen LogP contribution is 2.33. The fourth-order valence-corrected chi connectivity index (χ4v) is 2.87. The third-order valence-electron chi connectivity index (χ3n) is 3.30. The van der Waals surface area contributed by atoms with Gasteiger partial charge in [-0.05, 0) is 53.5 Å². The van der Waals surface area contributed by atoms with Gasteiger partial charge in [0.1, 0.15) is 5.82 Å². The fraction of sp³-hybridized carbons (Fsp3) is 0.538. The Kier molecular flexibility index (Phi) is 4.17. The van der Waals surface area contributed by atoms with Gasteiger partial charge in [-0.2, -0.15) is 0 Å². The Labute approximate surface area is 110 Å². The minimum absolute atomic E-state index is 0.159. The molecule has 1 aliphatic heterocycles. The summed E-state index contributed by atoms with van der Waals surface area (Å²) in [6, 6.07) is 5.24. The lowest BCUT2D eigenvalue weighted by molar-refractivity contribution is 0.150. The average Bonchev–Trinajstić information content (AvgIpc) is 2.73. The molecule has 1 aromatic rings. The summed E-state index contributed by atoms with van der Waals surface area (Å²) in [6.07, 6.45) is 1.98. The molecule has 2 rings (SSSR count). The van der Waals surface area contributed by atoms with Crippen molar-refractivity contribution >= 4 is 15.9 Å². The Morgan fingerprint density at radius 3 is 2.94 bits per heavy atom. The molecular formula is C13H17BrFNO. The molecule has 0 aliphatic carbocycles. The molecule has 0 bridgehead atoms. The molecule has 1 saturated heterocycles. The highest BCUT2D eigenvalue weighted by atomic mass is 79.9. The molecule has 1 atom stereocenters. The van der Waals surface area contributed by atoms with Crippen LogP contribution in [0.5, 0.6) is 0 Å². The van der Waals surface area contributed by atoms with Crippen LogP contribution in [0.2, 0.25) is 0 Å². The summed E-state index contributed by atoms with van der Waals surface area (Å²) in [5.74, 6) is -0.209. The second-order valence-electron chi connectivity index (χ2n) is 4.76. The maximum absolute atomic E-state index is 13.2. The van der Waals surface area contributed by atoms with E-state index in [9.17, 15) is 4.39 Å². The molecule has 1 N–H and O–H groups in total. The molecular weight excluding hydrogens is 285 g/mol. The third kappa shape index (κ3) is 3.06. The van der Waals surface area contributed by atoms with Gasteiger partial charge < -0.3 is 10.1 Å². The van der Waals surface area contributed by atoms with Crippen molar-refractivity contribution in [2.45, 2.75) is 12.8 Å². The molecule has 0 aromatic heterocycles. The number of rotatable bonds is 4. The van der Waals surface area contributed by atoms with E-state index in [1.165, 1.54) is 6.07 Å². The second kappa shape index (κ2) is 5.46. The van der Waals surface area contributed by atoms with Gasteiger partial charge in [-0.25, -0.2) is 4.39 Å². The van der Waals surface area contributed by atoms with Crippen molar-refractivity contribution < 1.29 is 9.13 Å². The molecule has 1 aromatic carbocycles. The van der Waals surface area contributed by atoms with Crippen LogP contribution < -0.4 is 5.32 Å². The molecule has 1 aliphatic rings. The second-order valence-corrected chi connectivity index (χ2v) is 5.61. The van der Waals surface area contributed by atoms with Crippen LogP contribution in [0, 0.1) is 11.2 Å². The number of hydrogen-bond acceptors (Lipinski definition) is 2. The van der Waals surface area contributed by atoms with E-state index >= 15 is 0 Å². The molecule has 2 nitrogen and oxygen atoms in total. The monoisotopic (exact) mass is 301 g/mol. The van der Waals surface area contributed by atoms with Crippen molar-refractivity contribution in [3.63, 3.8) is 0 Å². The molecule has 0 saturated carbocycles. The van der Waals surface area contributed by atoms with Gasteiger partial charge in [-0.1, -0.05) is 6.07 Å². The molecule has 0 spiro atoms. The largest absolute Gasteiger partial charge is 0.381 e. The first-order valence-electron chi connectivity index (χ1n) is 5.81. The van der Waals surface area contributed by atoms with Gasteiger partial charge in [0.15, 0.2) is 0 Å². The van der Waals surface area contributed by atoms with E-state index in [1.54, 1.807) is 0 Å². The normalized spacial score (nSPS) is 24.2. The smallest absolute Gasteiger partial charge is 0.137 e. The topological polar surface area (TPSA) is 21.3 Å². The molecule has 1 unspecified atom stereocenters. The number of hydrogen-bond donors (Lipinski definition) is 1. The van der Waals surface area contributed by atoms with Gasteiger partial charge in [0.05, 0.1) is 11.1 Å². The molecule has 0 radical (unpaired) electrons. The first-order valence-corrected chi connectivity index (χ1v) is 6.61. The van der Waals surface area contributed by atoms with Gasteiger partial charge in [0.25, 0.3) is 0 Å². The predicted molar refractivity (Wildman–Crippen MR) is 69.6 cm³/mol. The zero-order valence-corrected chi connectivity index (χ0v) is 11.5. The number of ether oxygens (including phenoxy) is 1. The fourth-order valence-electron chi connectivity index (χ4n) is 2.45. The van der Waals surface area contributed by atoms with E-state index in [2.05, 4.69) is 21.2 Å². The van der Waals surface area contributed by atoms with Gasteiger partial charge in [0.2, 0.25) is 0 Å². The van der Waals surface area contributed by atoms with Crippen molar-refractivity contribution in [3.8, 4) is 0 Å². The zero-order chi connectivity index (χ0) is 12.3. The minimum atomic E-state index is -0.209. The Hall–Kier alpha value is -0.450. The van der Waals surface area contributed by atoms with Crippen LogP contribution in [0.3, 0.4) is 0 Å². The lowest BCUT2D eigenvalue weighted by Gasteiger charge is -2.27. The van der Waals surface area contributed by atoms with Gasteiger partial charge in [-0.15, -0.1) is 0 Å². The van der Waals surface area contributed by atoms with Crippen LogP contribution >= 0.6 is 15.9 Å². The standard InChI is InChI=1S/C13H17BrFNO/c1-16-8-13(4-5-17-9-13)7-10-2-3-12(15)11(14)6-10/h2-3,6,16H,4-5,7-9H2,1H3. The first kappa shape index (κ1) is 13.0. The molecule has 94 valence electrons. The van der Waals surface area contributed by atoms with Gasteiger partial charge in [0, 0.05) is 18.6 Å². The van der Waals surface area contributed by atoms with Gasteiger partial charge >= 0.3 is 0 Å². The first-order chi connectivity index (χ1) is 8.15. The molecule has 17 heavy (non-hydrogen) atoms. The van der Waals surface area contributed by atoms with Crippen LogP contribution in [0.1, 0.15) is 12.0 Å². The lowest BCUT2D eigenvalue weighted by atomic mass is 9.81. The summed E-state index contributed by atoms with van der Waals surface area (Å²) in [6.45, 7) is 2.54. The Morgan fingerprint density at radius 1 is 1.53 bits per heavy atom. The van der Waals surface area contributed by atoms with Crippen molar-refractivity contribution in [2.75, 3.05) is 26.8 Å². The number of nitrogens with one attached hydrogen (secondary N) is 1. The maximum atomic E-state index is 13.2. The minimum Gasteiger partial charge on any atom is -0.381 e. The summed E-state index contributed by atoms with van der Waals surface area (Å²) in [7, 11) is 1.96. The van der Waals surface area contributed by atoms with E-state index in [0.717, 1.165) is 38.2 Å².